The molecule has 20 heavy (non-hydrogen) atoms. The molecule has 0 aliphatic heterocycles. The molecule has 0 amide bonds. The Morgan fingerprint density at radius 2 is 2.15 bits per heavy atom. The van der Waals surface area contributed by atoms with E-state index < -0.39 is 0 Å². The summed E-state index contributed by atoms with van der Waals surface area (Å²) < 4.78 is 5.93. The summed E-state index contributed by atoms with van der Waals surface area (Å²) in [4.78, 5) is 2.52. The first-order chi connectivity index (χ1) is 9.58. The lowest BCUT2D eigenvalue weighted by molar-refractivity contribution is 0.168. The molecule has 1 aliphatic carbocycles. The van der Waals surface area contributed by atoms with Gasteiger partial charge >= 0.3 is 0 Å². The Bertz CT molecular complexity index is 407. The van der Waals surface area contributed by atoms with Crippen molar-refractivity contribution in [3.63, 3.8) is 0 Å². The molecular formula is C17H30N2O. The zero-order valence-corrected chi connectivity index (χ0v) is 13.5. The van der Waals surface area contributed by atoms with Crippen molar-refractivity contribution in [3.05, 3.63) is 23.2 Å². The minimum Gasteiger partial charge on any atom is -0.465 e. The lowest BCUT2D eigenvalue weighted by Gasteiger charge is -2.31. The first-order valence-corrected chi connectivity index (χ1v) is 8.12. The molecule has 114 valence electrons. The first kappa shape index (κ1) is 15.6. The van der Waals surface area contributed by atoms with Crippen LogP contribution >= 0.6 is 0 Å². The number of nitrogens with zero attached hydrogens (tertiary/aromatic N) is 1. The predicted molar refractivity (Wildman–Crippen MR) is 83.7 cm³/mol. The summed E-state index contributed by atoms with van der Waals surface area (Å²) in [5, 5.41) is 3.46. The van der Waals surface area contributed by atoms with E-state index in [0.29, 0.717) is 6.04 Å². The third kappa shape index (κ3) is 4.35. The molecule has 1 aliphatic rings. The van der Waals surface area contributed by atoms with Gasteiger partial charge in [-0.1, -0.05) is 27.2 Å². The van der Waals surface area contributed by atoms with Crippen LogP contribution in [0.4, 0.5) is 0 Å². The Morgan fingerprint density at radius 3 is 2.70 bits per heavy atom. The van der Waals surface area contributed by atoms with Gasteiger partial charge in [0.05, 0.1) is 6.54 Å². The molecule has 1 fully saturated rings. The minimum atomic E-state index is 0.513. The zero-order valence-electron chi connectivity index (χ0n) is 13.5. The summed E-state index contributed by atoms with van der Waals surface area (Å²) in [6.45, 7) is 12.9. The fourth-order valence-corrected chi connectivity index (χ4v) is 2.72. The number of hydrogen-bond acceptors (Lipinski definition) is 3. The van der Waals surface area contributed by atoms with Crippen LogP contribution in [0.15, 0.2) is 10.5 Å². The van der Waals surface area contributed by atoms with Gasteiger partial charge in [-0.3, -0.25) is 4.90 Å². The van der Waals surface area contributed by atoms with Crippen LogP contribution in [0.5, 0.6) is 0 Å². The molecule has 0 spiro atoms. The molecule has 1 aromatic heterocycles. The summed E-state index contributed by atoms with van der Waals surface area (Å²) in [7, 11) is 0. The van der Waals surface area contributed by atoms with E-state index in [1.54, 1.807) is 0 Å². The Morgan fingerprint density at radius 1 is 1.40 bits per heavy atom. The Labute approximate surface area is 123 Å². The lowest BCUT2D eigenvalue weighted by Crippen LogP contribution is -2.31. The van der Waals surface area contributed by atoms with Gasteiger partial charge in [-0.05, 0) is 38.3 Å². The third-order valence-electron chi connectivity index (χ3n) is 4.34. The fourth-order valence-electron chi connectivity index (χ4n) is 2.72. The van der Waals surface area contributed by atoms with Crippen molar-refractivity contribution in [2.45, 2.75) is 66.1 Å². The van der Waals surface area contributed by atoms with E-state index in [9.17, 15) is 0 Å². The van der Waals surface area contributed by atoms with E-state index in [1.165, 1.54) is 31.4 Å². The Balaban J connectivity index is 1.88. The SMILES string of the molecule is CCN(Cc1cc(CNC(C)C)c(C)o1)CC1CCC1. The number of nitrogens with one attached hydrogen (secondary N) is 1. The van der Waals surface area contributed by atoms with Gasteiger partial charge in [0.1, 0.15) is 11.5 Å². The molecular weight excluding hydrogens is 248 g/mol. The molecule has 0 aromatic carbocycles. The topological polar surface area (TPSA) is 28.4 Å². The molecule has 1 N–H and O–H groups in total. The van der Waals surface area contributed by atoms with Crippen molar-refractivity contribution in [2.24, 2.45) is 5.92 Å². The van der Waals surface area contributed by atoms with Crippen LogP contribution < -0.4 is 5.32 Å². The van der Waals surface area contributed by atoms with Gasteiger partial charge in [-0.15, -0.1) is 0 Å². The van der Waals surface area contributed by atoms with Gasteiger partial charge in [0.25, 0.3) is 0 Å². The maximum Gasteiger partial charge on any atom is 0.118 e. The predicted octanol–water partition coefficient (Wildman–Crippen LogP) is 3.71. The molecule has 1 heterocycles. The summed E-state index contributed by atoms with van der Waals surface area (Å²) in [6.07, 6.45) is 4.25. The molecule has 2 rings (SSSR count). The molecule has 0 unspecified atom stereocenters. The second-order valence-corrected chi connectivity index (χ2v) is 6.45. The second-order valence-electron chi connectivity index (χ2n) is 6.45. The third-order valence-corrected chi connectivity index (χ3v) is 4.34. The van der Waals surface area contributed by atoms with Crippen LogP contribution in [-0.2, 0) is 13.1 Å². The first-order valence-electron chi connectivity index (χ1n) is 8.12. The highest BCUT2D eigenvalue weighted by Crippen LogP contribution is 2.27. The average molecular weight is 278 g/mol. The highest BCUT2D eigenvalue weighted by molar-refractivity contribution is 5.20. The highest BCUT2D eigenvalue weighted by atomic mass is 16.3. The summed E-state index contributed by atoms with van der Waals surface area (Å²) >= 11 is 0. The number of aryl methyl sites for hydroxylation is 1. The summed E-state index contributed by atoms with van der Waals surface area (Å²) in [5.74, 6) is 3.10. The molecule has 0 radical (unpaired) electrons. The van der Waals surface area contributed by atoms with E-state index >= 15 is 0 Å². The van der Waals surface area contributed by atoms with E-state index in [2.05, 4.69) is 44.0 Å². The standard InChI is InChI=1S/C17H30N2O/c1-5-19(11-15-7-6-8-15)12-17-9-16(14(4)20-17)10-18-13(2)3/h9,13,15,18H,5-8,10-12H2,1-4H3. The van der Waals surface area contributed by atoms with E-state index in [-0.39, 0.29) is 0 Å². The highest BCUT2D eigenvalue weighted by Gasteiger charge is 2.21. The van der Waals surface area contributed by atoms with E-state index in [1.807, 2.05) is 0 Å². The van der Waals surface area contributed by atoms with Gasteiger partial charge in [0.15, 0.2) is 0 Å². The smallest absolute Gasteiger partial charge is 0.118 e. The van der Waals surface area contributed by atoms with Gasteiger partial charge in [-0.25, -0.2) is 0 Å². The van der Waals surface area contributed by atoms with E-state index in [0.717, 1.165) is 37.1 Å². The maximum absolute atomic E-state index is 5.93. The number of hydrogen-bond donors (Lipinski definition) is 1. The van der Waals surface area contributed by atoms with Crippen LogP contribution in [0.25, 0.3) is 0 Å². The molecule has 1 aromatic rings. The Kier molecular flexibility index (Phi) is 5.67. The average Bonchev–Trinajstić information content (AvgIpc) is 2.70. The molecule has 0 bridgehead atoms. The molecule has 1 saturated carbocycles. The molecule has 3 nitrogen and oxygen atoms in total. The van der Waals surface area contributed by atoms with Crippen LogP contribution in [-0.4, -0.2) is 24.0 Å². The fraction of sp³-hybridized carbons (Fsp3) is 0.765. The van der Waals surface area contributed by atoms with Crippen molar-refractivity contribution >= 4 is 0 Å². The van der Waals surface area contributed by atoms with Crippen molar-refractivity contribution in [1.82, 2.24) is 10.2 Å². The molecule has 0 atom stereocenters. The monoisotopic (exact) mass is 278 g/mol. The minimum absolute atomic E-state index is 0.513. The van der Waals surface area contributed by atoms with Gasteiger partial charge in [0.2, 0.25) is 0 Å². The maximum atomic E-state index is 5.93. The summed E-state index contributed by atoms with van der Waals surface area (Å²) in [5.41, 5.74) is 1.30. The zero-order chi connectivity index (χ0) is 14.5. The number of furan rings is 1. The molecule has 0 saturated heterocycles. The molecule has 3 heteroatoms. The van der Waals surface area contributed by atoms with E-state index in [4.69, 9.17) is 4.42 Å². The van der Waals surface area contributed by atoms with Crippen molar-refractivity contribution in [3.8, 4) is 0 Å². The van der Waals surface area contributed by atoms with Gasteiger partial charge < -0.3 is 9.73 Å². The van der Waals surface area contributed by atoms with Crippen LogP contribution in [0.3, 0.4) is 0 Å². The second kappa shape index (κ2) is 7.28. The van der Waals surface area contributed by atoms with Crippen LogP contribution in [0.1, 0.15) is 57.1 Å². The van der Waals surface area contributed by atoms with Gasteiger partial charge in [0, 0.05) is 24.7 Å². The van der Waals surface area contributed by atoms with Gasteiger partial charge in [-0.2, -0.15) is 0 Å². The number of rotatable bonds is 8. The Hall–Kier alpha value is -0.800. The summed E-state index contributed by atoms with van der Waals surface area (Å²) in [6, 6.07) is 2.74. The normalized spacial score (nSPS) is 16.1. The quantitative estimate of drug-likeness (QED) is 0.786. The largest absolute Gasteiger partial charge is 0.465 e. The lowest BCUT2D eigenvalue weighted by atomic mass is 9.85. The van der Waals surface area contributed by atoms with Crippen LogP contribution in [0.2, 0.25) is 0 Å². The van der Waals surface area contributed by atoms with Crippen molar-refractivity contribution in [1.29, 1.82) is 0 Å². The van der Waals surface area contributed by atoms with Crippen molar-refractivity contribution in [2.75, 3.05) is 13.1 Å². The van der Waals surface area contributed by atoms with Crippen LogP contribution in [0, 0.1) is 12.8 Å². The van der Waals surface area contributed by atoms with Crippen molar-refractivity contribution < 1.29 is 4.42 Å².